The van der Waals surface area contributed by atoms with Crippen molar-refractivity contribution in [2.75, 3.05) is 0 Å². The van der Waals surface area contributed by atoms with Crippen molar-refractivity contribution in [1.29, 1.82) is 0 Å². The van der Waals surface area contributed by atoms with Crippen LogP contribution in [0, 0.1) is 35.0 Å². The first kappa shape index (κ1) is 36.4. The Kier molecular flexibility index (Phi) is 11.7. The maximum Gasteiger partial charge on any atom is 0.420 e. The zero-order valence-corrected chi connectivity index (χ0v) is 28.6. The lowest BCUT2D eigenvalue weighted by Gasteiger charge is -2.45. The van der Waals surface area contributed by atoms with E-state index in [1.54, 1.807) is 20.8 Å². The molecule has 10 nitrogen and oxygen atoms in total. The second-order valence-electron chi connectivity index (χ2n) is 13.9. The lowest BCUT2D eigenvalue weighted by molar-refractivity contribution is -0.267. The number of allylic oxidation sites excluding steroid dienone is 1. The molecule has 0 N–H and O–H groups in total. The van der Waals surface area contributed by atoms with Crippen molar-refractivity contribution in [3.8, 4) is 0 Å². The normalized spacial score (nSPS) is 38.0. The number of Topliss-reactive ketones (excluding diaryl/α,β-unsaturated/α-hetero) is 2. The standard InChI is InChI=1S/C35H52N2O8/c1-12-27-35(13-2,45-33(41)37-15-14-36-19-37)18-22(5)28(38)21(4)17-34(10,11)30(25(8)29(39)26(9)31(40)43-27)44-32-24(7)20(3)16-23(6)42-32/h13-15,18-21,23-27,30,32H,2,12,16-17H2,1,3-11H3/b22-18+/t20-,21+,23+,24+,25-,26+,27+,30+,32-,35-/m0/s1. The summed E-state index contributed by atoms with van der Waals surface area (Å²) >= 11 is 0. The highest BCUT2D eigenvalue weighted by atomic mass is 16.7. The van der Waals surface area contributed by atoms with Gasteiger partial charge in [-0.1, -0.05) is 55.0 Å². The van der Waals surface area contributed by atoms with E-state index in [1.807, 2.05) is 27.7 Å². The fourth-order valence-corrected chi connectivity index (χ4v) is 6.88. The van der Waals surface area contributed by atoms with Crippen LogP contribution in [-0.4, -0.2) is 63.4 Å². The first-order valence-corrected chi connectivity index (χ1v) is 16.1. The van der Waals surface area contributed by atoms with Crippen LogP contribution in [0.15, 0.2) is 43.0 Å². The summed E-state index contributed by atoms with van der Waals surface area (Å²) < 4.78 is 25.9. The Morgan fingerprint density at radius 2 is 1.82 bits per heavy atom. The topological polar surface area (TPSA) is 123 Å². The Labute approximate surface area is 267 Å². The molecule has 0 aliphatic carbocycles. The number of carbonyl (C=O) groups is 4. The van der Waals surface area contributed by atoms with E-state index in [2.05, 4.69) is 25.4 Å². The molecule has 0 spiro atoms. The maximum absolute atomic E-state index is 14.0. The number of ketones is 2. The van der Waals surface area contributed by atoms with E-state index in [9.17, 15) is 19.2 Å². The molecule has 0 saturated carbocycles. The quantitative estimate of drug-likeness (QED) is 0.209. The number of imidazole rings is 1. The second-order valence-corrected chi connectivity index (χ2v) is 13.9. The van der Waals surface area contributed by atoms with Crippen molar-refractivity contribution in [1.82, 2.24) is 9.55 Å². The van der Waals surface area contributed by atoms with Gasteiger partial charge in [0, 0.05) is 30.1 Å². The molecule has 0 bridgehead atoms. The SMILES string of the molecule is C=C[C@]1(OC(=O)n2ccnc2)/C=C(\C)C(=O)[C@H](C)CC(C)(C)[C@H](O[C@@H]2O[C@H](C)C[C@H](C)[C@H]2C)[C@@H](C)C(=O)[C@@H](C)C(=O)O[C@@H]1CC. The summed E-state index contributed by atoms with van der Waals surface area (Å²) in [5.41, 5.74) is -2.06. The van der Waals surface area contributed by atoms with Gasteiger partial charge in [-0.05, 0) is 69.1 Å². The predicted octanol–water partition coefficient (Wildman–Crippen LogP) is 6.33. The molecule has 1 fully saturated rings. The largest absolute Gasteiger partial charge is 0.457 e. The van der Waals surface area contributed by atoms with Crippen molar-refractivity contribution in [2.24, 2.45) is 35.0 Å². The number of nitrogens with zero attached hydrogens (tertiary/aromatic N) is 2. The van der Waals surface area contributed by atoms with E-state index in [0.29, 0.717) is 17.9 Å². The van der Waals surface area contributed by atoms with Crippen molar-refractivity contribution in [3.63, 3.8) is 0 Å². The van der Waals surface area contributed by atoms with Gasteiger partial charge in [-0.2, -0.15) is 0 Å². The maximum atomic E-state index is 14.0. The van der Waals surface area contributed by atoms with Crippen LogP contribution in [0.5, 0.6) is 0 Å². The number of hydrogen-bond acceptors (Lipinski definition) is 9. The highest BCUT2D eigenvalue weighted by Crippen LogP contribution is 2.41. The molecule has 1 saturated heterocycles. The smallest absolute Gasteiger partial charge is 0.420 e. The Morgan fingerprint density at radius 1 is 1.16 bits per heavy atom. The van der Waals surface area contributed by atoms with Crippen LogP contribution in [0.2, 0.25) is 0 Å². The first-order valence-electron chi connectivity index (χ1n) is 16.1. The highest BCUT2D eigenvalue weighted by Gasteiger charge is 2.48. The summed E-state index contributed by atoms with van der Waals surface area (Å²) in [7, 11) is 0. The summed E-state index contributed by atoms with van der Waals surface area (Å²) in [6, 6.07) is 0. The molecule has 1 aromatic rings. The van der Waals surface area contributed by atoms with Gasteiger partial charge in [0.1, 0.15) is 18.3 Å². The Morgan fingerprint density at radius 3 is 2.40 bits per heavy atom. The van der Waals surface area contributed by atoms with Crippen molar-refractivity contribution >= 4 is 23.6 Å². The predicted molar refractivity (Wildman–Crippen MR) is 169 cm³/mol. The molecule has 3 rings (SSSR count). The van der Waals surface area contributed by atoms with Gasteiger partial charge in [-0.25, -0.2) is 14.3 Å². The van der Waals surface area contributed by atoms with Gasteiger partial charge in [0.15, 0.2) is 23.5 Å². The molecule has 2 aliphatic heterocycles. The van der Waals surface area contributed by atoms with Gasteiger partial charge >= 0.3 is 12.1 Å². The van der Waals surface area contributed by atoms with Crippen molar-refractivity contribution < 1.29 is 38.1 Å². The number of esters is 1. The van der Waals surface area contributed by atoms with Crippen LogP contribution >= 0.6 is 0 Å². The molecule has 2 aliphatic rings. The lowest BCUT2D eigenvalue weighted by Crippen LogP contribution is -2.51. The monoisotopic (exact) mass is 628 g/mol. The number of hydrogen-bond donors (Lipinski definition) is 0. The van der Waals surface area contributed by atoms with E-state index in [4.69, 9.17) is 18.9 Å². The number of ether oxygens (including phenoxy) is 4. The minimum Gasteiger partial charge on any atom is -0.457 e. The molecule has 3 heterocycles. The van der Waals surface area contributed by atoms with E-state index in [0.717, 1.165) is 11.0 Å². The summed E-state index contributed by atoms with van der Waals surface area (Å²) in [5, 5.41) is 0. The van der Waals surface area contributed by atoms with Gasteiger partial charge in [-0.15, -0.1) is 0 Å². The van der Waals surface area contributed by atoms with Crippen LogP contribution in [0.4, 0.5) is 4.79 Å². The van der Waals surface area contributed by atoms with E-state index < -0.39 is 59.3 Å². The molecule has 0 radical (unpaired) electrons. The highest BCUT2D eigenvalue weighted by molar-refractivity contribution is 6.00. The first-order chi connectivity index (χ1) is 21.0. The van der Waals surface area contributed by atoms with Crippen LogP contribution in [0.25, 0.3) is 0 Å². The summed E-state index contributed by atoms with van der Waals surface area (Å²) in [6.45, 7) is 22.7. The zero-order chi connectivity index (χ0) is 33.9. The number of aromatic nitrogens is 2. The van der Waals surface area contributed by atoms with Gasteiger partial charge < -0.3 is 18.9 Å². The molecular formula is C35H52N2O8. The number of rotatable bonds is 5. The minimum atomic E-state index is -1.70. The van der Waals surface area contributed by atoms with E-state index >= 15 is 0 Å². The molecule has 10 atom stereocenters. The third-order valence-corrected chi connectivity index (χ3v) is 9.67. The molecule has 45 heavy (non-hydrogen) atoms. The molecule has 0 aromatic carbocycles. The Balaban J connectivity index is 2.10. The lowest BCUT2D eigenvalue weighted by atomic mass is 9.70. The number of cyclic esters (lactones) is 1. The fourth-order valence-electron chi connectivity index (χ4n) is 6.88. The summed E-state index contributed by atoms with van der Waals surface area (Å²) in [6.07, 6.45) is 5.39. The fraction of sp³-hybridized carbons (Fsp3) is 0.686. The van der Waals surface area contributed by atoms with Crippen LogP contribution in [0.3, 0.4) is 0 Å². The van der Waals surface area contributed by atoms with Crippen LogP contribution in [0.1, 0.15) is 88.5 Å². The van der Waals surface area contributed by atoms with Crippen LogP contribution < -0.4 is 0 Å². The third-order valence-electron chi connectivity index (χ3n) is 9.67. The molecular weight excluding hydrogens is 576 g/mol. The van der Waals surface area contributed by atoms with Crippen LogP contribution in [-0.2, 0) is 33.3 Å². The molecule has 0 unspecified atom stereocenters. The van der Waals surface area contributed by atoms with E-state index in [-0.39, 0.29) is 30.0 Å². The molecule has 10 heteroatoms. The third kappa shape index (κ3) is 8.01. The molecule has 250 valence electrons. The number of carbonyl (C=O) groups excluding carboxylic acids is 4. The molecule has 0 amide bonds. The summed E-state index contributed by atoms with van der Waals surface area (Å²) in [4.78, 5) is 58.6. The average molecular weight is 629 g/mol. The van der Waals surface area contributed by atoms with Gasteiger partial charge in [0.05, 0.1) is 12.2 Å². The minimum absolute atomic E-state index is 0.00463. The zero-order valence-electron chi connectivity index (χ0n) is 28.6. The average Bonchev–Trinajstić information content (AvgIpc) is 3.53. The van der Waals surface area contributed by atoms with Gasteiger partial charge in [-0.3, -0.25) is 14.4 Å². The summed E-state index contributed by atoms with van der Waals surface area (Å²) in [5.74, 6) is -3.21. The Bertz CT molecular complexity index is 1270. The van der Waals surface area contributed by atoms with Gasteiger partial charge in [0.2, 0.25) is 0 Å². The molecule has 1 aromatic heterocycles. The second kappa shape index (κ2) is 14.5. The van der Waals surface area contributed by atoms with Crippen molar-refractivity contribution in [3.05, 3.63) is 43.0 Å². The Hall–Kier alpha value is -3.11. The van der Waals surface area contributed by atoms with Crippen molar-refractivity contribution in [2.45, 2.75) is 119 Å². The van der Waals surface area contributed by atoms with E-state index in [1.165, 1.54) is 37.8 Å². The van der Waals surface area contributed by atoms with Gasteiger partial charge in [0.25, 0.3) is 0 Å².